The highest BCUT2D eigenvalue weighted by Crippen LogP contribution is 2.18. The molecular formula is C18H32N6O2S. The third-order valence-corrected chi connectivity index (χ3v) is 7.46. The van der Waals surface area contributed by atoms with E-state index in [0.29, 0.717) is 24.9 Å². The Morgan fingerprint density at radius 2 is 1.59 bits per heavy atom. The van der Waals surface area contributed by atoms with Gasteiger partial charge in [-0.3, -0.25) is 4.90 Å². The van der Waals surface area contributed by atoms with Crippen molar-refractivity contribution in [2.24, 2.45) is 0 Å². The van der Waals surface area contributed by atoms with Crippen molar-refractivity contribution < 1.29 is 8.42 Å². The number of nitrogens with one attached hydrogen (secondary N) is 1. The standard InChI is InChI=1S/C18H32N6O2S/c1-16(23-10-6-21(2)7-11-23)14-19-18-5-4-17(15-20-18)27(25,26)24-12-8-22(3)9-13-24/h4-5,15-16H,6-14H2,1-3H3,(H,19,20). The fourth-order valence-electron chi connectivity index (χ4n) is 3.46. The first-order valence-corrected chi connectivity index (χ1v) is 11.1. The van der Waals surface area contributed by atoms with Crippen LogP contribution >= 0.6 is 0 Å². The van der Waals surface area contributed by atoms with Crippen molar-refractivity contribution in [3.63, 3.8) is 0 Å². The smallest absolute Gasteiger partial charge is 0.244 e. The SMILES string of the molecule is CC(CNc1ccc(S(=O)(=O)N2CCN(C)CC2)cn1)N1CCN(C)CC1. The van der Waals surface area contributed by atoms with E-state index < -0.39 is 10.0 Å². The Labute approximate surface area is 163 Å². The van der Waals surface area contributed by atoms with E-state index in [4.69, 9.17) is 0 Å². The Morgan fingerprint density at radius 3 is 2.15 bits per heavy atom. The van der Waals surface area contributed by atoms with Gasteiger partial charge in [0, 0.05) is 71.1 Å². The van der Waals surface area contributed by atoms with Crippen LogP contribution in [0.25, 0.3) is 0 Å². The lowest BCUT2D eigenvalue weighted by Crippen LogP contribution is -2.49. The molecular weight excluding hydrogens is 364 g/mol. The van der Waals surface area contributed by atoms with E-state index in [-0.39, 0.29) is 4.90 Å². The van der Waals surface area contributed by atoms with E-state index in [1.807, 2.05) is 7.05 Å². The summed E-state index contributed by atoms with van der Waals surface area (Å²) >= 11 is 0. The number of sulfonamides is 1. The summed E-state index contributed by atoms with van der Waals surface area (Å²) in [6.07, 6.45) is 1.47. The minimum Gasteiger partial charge on any atom is -0.369 e. The van der Waals surface area contributed by atoms with Gasteiger partial charge in [-0.15, -0.1) is 0 Å². The lowest BCUT2D eigenvalue weighted by Gasteiger charge is -2.36. The molecule has 2 saturated heterocycles. The van der Waals surface area contributed by atoms with Crippen molar-refractivity contribution >= 4 is 15.8 Å². The number of rotatable bonds is 6. The van der Waals surface area contributed by atoms with Gasteiger partial charge in [-0.1, -0.05) is 0 Å². The molecule has 2 aliphatic rings. The van der Waals surface area contributed by atoms with E-state index in [1.165, 1.54) is 6.20 Å². The second-order valence-electron chi connectivity index (χ2n) is 7.66. The average Bonchev–Trinajstić information content (AvgIpc) is 2.67. The molecule has 1 aromatic heterocycles. The zero-order chi connectivity index (χ0) is 19.4. The molecule has 0 radical (unpaired) electrons. The third-order valence-electron chi connectivity index (χ3n) is 5.58. The first kappa shape index (κ1) is 20.5. The van der Waals surface area contributed by atoms with Gasteiger partial charge < -0.3 is 15.1 Å². The van der Waals surface area contributed by atoms with Gasteiger partial charge in [-0.25, -0.2) is 13.4 Å². The molecule has 27 heavy (non-hydrogen) atoms. The molecule has 9 heteroatoms. The monoisotopic (exact) mass is 396 g/mol. The maximum absolute atomic E-state index is 12.7. The summed E-state index contributed by atoms with van der Waals surface area (Å²) in [4.78, 5) is 11.6. The van der Waals surface area contributed by atoms with Crippen LogP contribution in [0.15, 0.2) is 23.2 Å². The molecule has 0 aliphatic carbocycles. The highest BCUT2D eigenvalue weighted by atomic mass is 32.2. The van der Waals surface area contributed by atoms with Gasteiger partial charge in [0.05, 0.1) is 0 Å². The lowest BCUT2D eigenvalue weighted by atomic mass is 10.2. The number of hydrogen-bond acceptors (Lipinski definition) is 7. The minimum absolute atomic E-state index is 0.268. The lowest BCUT2D eigenvalue weighted by molar-refractivity contribution is 0.123. The quantitative estimate of drug-likeness (QED) is 0.729. The minimum atomic E-state index is -3.45. The summed E-state index contributed by atoms with van der Waals surface area (Å²) in [7, 11) is 0.711. The molecule has 2 aliphatic heterocycles. The van der Waals surface area contributed by atoms with E-state index in [0.717, 1.165) is 45.8 Å². The summed E-state index contributed by atoms with van der Waals surface area (Å²) in [5.41, 5.74) is 0. The maximum atomic E-state index is 12.7. The molecule has 1 aromatic rings. The van der Waals surface area contributed by atoms with Crippen LogP contribution in [-0.4, -0.2) is 111 Å². The normalized spacial score (nSPS) is 22.6. The van der Waals surface area contributed by atoms with Gasteiger partial charge in [0.2, 0.25) is 10.0 Å². The zero-order valence-electron chi connectivity index (χ0n) is 16.6. The molecule has 0 spiro atoms. The largest absolute Gasteiger partial charge is 0.369 e. The first-order valence-electron chi connectivity index (χ1n) is 9.67. The number of pyridine rings is 1. The number of likely N-dealkylation sites (N-methyl/N-ethyl adjacent to an activating group) is 2. The molecule has 3 heterocycles. The summed E-state index contributed by atoms with van der Waals surface area (Å²) in [5.74, 6) is 0.716. The van der Waals surface area contributed by atoms with Crippen molar-refractivity contribution in [1.82, 2.24) is 24.0 Å². The highest BCUT2D eigenvalue weighted by Gasteiger charge is 2.27. The molecule has 0 amide bonds. The molecule has 0 saturated carbocycles. The van der Waals surface area contributed by atoms with Crippen LogP contribution in [0, 0.1) is 0 Å². The molecule has 8 nitrogen and oxygen atoms in total. The summed E-state index contributed by atoms with van der Waals surface area (Å²) < 4.78 is 27.0. The van der Waals surface area contributed by atoms with Gasteiger partial charge in [-0.2, -0.15) is 4.31 Å². The van der Waals surface area contributed by atoms with Gasteiger partial charge in [-0.05, 0) is 33.2 Å². The van der Waals surface area contributed by atoms with E-state index >= 15 is 0 Å². The molecule has 0 bridgehead atoms. The molecule has 3 rings (SSSR count). The number of anilines is 1. The zero-order valence-corrected chi connectivity index (χ0v) is 17.5. The van der Waals surface area contributed by atoms with Gasteiger partial charge in [0.25, 0.3) is 0 Å². The van der Waals surface area contributed by atoms with Crippen LogP contribution < -0.4 is 5.32 Å². The van der Waals surface area contributed by atoms with Crippen LogP contribution in [-0.2, 0) is 10.0 Å². The van der Waals surface area contributed by atoms with Crippen molar-refractivity contribution in [3.05, 3.63) is 18.3 Å². The van der Waals surface area contributed by atoms with Crippen molar-refractivity contribution in [2.45, 2.75) is 17.9 Å². The number of hydrogen-bond donors (Lipinski definition) is 1. The average molecular weight is 397 g/mol. The molecule has 1 atom stereocenters. The summed E-state index contributed by atoms with van der Waals surface area (Å²) in [6.45, 7) is 9.94. The third kappa shape index (κ3) is 5.17. The van der Waals surface area contributed by atoms with Crippen LogP contribution in [0.2, 0.25) is 0 Å². The Bertz CT molecular complexity index is 695. The Kier molecular flexibility index (Phi) is 6.69. The van der Waals surface area contributed by atoms with E-state index in [1.54, 1.807) is 16.4 Å². The van der Waals surface area contributed by atoms with Crippen molar-refractivity contribution in [3.8, 4) is 0 Å². The molecule has 152 valence electrons. The molecule has 0 aromatic carbocycles. The first-order chi connectivity index (χ1) is 12.9. The Balaban J connectivity index is 1.54. The Hall–Kier alpha value is -1.26. The fraction of sp³-hybridized carbons (Fsp3) is 0.722. The van der Waals surface area contributed by atoms with Crippen LogP contribution in [0.4, 0.5) is 5.82 Å². The van der Waals surface area contributed by atoms with Crippen molar-refractivity contribution in [2.75, 3.05) is 78.3 Å². The molecule has 1 N–H and O–H groups in total. The summed E-state index contributed by atoms with van der Waals surface area (Å²) in [5, 5.41) is 3.34. The number of aromatic nitrogens is 1. The van der Waals surface area contributed by atoms with Gasteiger partial charge in [0.15, 0.2) is 0 Å². The number of nitrogens with zero attached hydrogens (tertiary/aromatic N) is 5. The number of piperazine rings is 2. The Morgan fingerprint density at radius 1 is 1.00 bits per heavy atom. The molecule has 2 fully saturated rings. The predicted molar refractivity (Wildman–Crippen MR) is 108 cm³/mol. The molecule has 1 unspecified atom stereocenters. The van der Waals surface area contributed by atoms with E-state index in [2.05, 4.69) is 39.0 Å². The maximum Gasteiger partial charge on any atom is 0.244 e. The van der Waals surface area contributed by atoms with Gasteiger partial charge >= 0.3 is 0 Å². The topological polar surface area (TPSA) is 72.0 Å². The van der Waals surface area contributed by atoms with Gasteiger partial charge in [0.1, 0.15) is 10.7 Å². The van der Waals surface area contributed by atoms with Crippen LogP contribution in [0.3, 0.4) is 0 Å². The van der Waals surface area contributed by atoms with Crippen molar-refractivity contribution in [1.29, 1.82) is 0 Å². The predicted octanol–water partition coefficient (Wildman–Crippen LogP) is 0.0655. The summed E-state index contributed by atoms with van der Waals surface area (Å²) in [6, 6.07) is 3.83. The highest BCUT2D eigenvalue weighted by molar-refractivity contribution is 7.89. The fourth-order valence-corrected chi connectivity index (χ4v) is 4.83. The second-order valence-corrected chi connectivity index (χ2v) is 9.59. The van der Waals surface area contributed by atoms with E-state index in [9.17, 15) is 8.42 Å². The van der Waals surface area contributed by atoms with Crippen LogP contribution in [0.1, 0.15) is 6.92 Å². The van der Waals surface area contributed by atoms with Crippen LogP contribution in [0.5, 0.6) is 0 Å². The second kappa shape index (κ2) is 8.83.